The summed E-state index contributed by atoms with van der Waals surface area (Å²) in [5.41, 5.74) is -0.975. The van der Waals surface area contributed by atoms with Gasteiger partial charge in [-0.1, -0.05) is 48.5 Å². The van der Waals surface area contributed by atoms with Crippen molar-refractivity contribution in [2.75, 3.05) is 0 Å². The molecule has 0 bridgehead atoms. The van der Waals surface area contributed by atoms with Gasteiger partial charge in [-0.15, -0.1) is 0 Å². The number of aliphatic hydroxyl groups excluding tert-OH is 1. The van der Waals surface area contributed by atoms with Crippen molar-refractivity contribution in [3.63, 3.8) is 0 Å². The molecule has 35 heavy (non-hydrogen) atoms. The molecule has 0 aromatic heterocycles. The van der Waals surface area contributed by atoms with Crippen molar-refractivity contribution in [3.05, 3.63) is 59.7 Å². The van der Waals surface area contributed by atoms with E-state index in [-0.39, 0.29) is 5.56 Å². The minimum absolute atomic E-state index is 0.127. The van der Waals surface area contributed by atoms with Crippen LogP contribution in [0.2, 0.25) is 0 Å². The van der Waals surface area contributed by atoms with Gasteiger partial charge in [0.15, 0.2) is 0 Å². The number of nitrogens with one attached hydrogen (secondary N) is 2. The zero-order valence-corrected chi connectivity index (χ0v) is 19.8. The molecule has 1 amide bonds. The Hall–Kier alpha value is -2.96. The SMILES string of the molecule is C[C@H](O)c1ccc(-c2ccc(C(N[C@@H](CC(C)(C)F)C(=O)NC3(C#N)CC3)C(F)(F)F)cc2)cc1. The molecule has 1 fully saturated rings. The second-order valence-corrected chi connectivity index (χ2v) is 9.72. The highest BCUT2D eigenvalue weighted by molar-refractivity contribution is 5.83. The number of aliphatic hydroxyl groups is 1. The van der Waals surface area contributed by atoms with E-state index in [1.807, 2.05) is 6.07 Å². The maximum Gasteiger partial charge on any atom is 0.407 e. The summed E-state index contributed by atoms with van der Waals surface area (Å²) in [6, 6.07) is 11.0. The number of carbonyl (C=O) groups is 1. The zero-order chi connectivity index (χ0) is 26.0. The third kappa shape index (κ3) is 7.03. The Balaban J connectivity index is 1.85. The first-order chi connectivity index (χ1) is 16.2. The van der Waals surface area contributed by atoms with Gasteiger partial charge in [-0.3, -0.25) is 10.1 Å². The van der Waals surface area contributed by atoms with Crippen molar-refractivity contribution in [1.29, 1.82) is 5.26 Å². The van der Waals surface area contributed by atoms with Gasteiger partial charge >= 0.3 is 6.18 Å². The maximum atomic E-state index is 14.4. The smallest absolute Gasteiger partial charge is 0.389 e. The molecular formula is C26H29F4N3O2. The molecule has 1 aliphatic carbocycles. The molecule has 2 aromatic rings. The average molecular weight is 492 g/mol. The van der Waals surface area contributed by atoms with Crippen LogP contribution in [0.15, 0.2) is 48.5 Å². The van der Waals surface area contributed by atoms with Gasteiger partial charge in [0, 0.05) is 6.42 Å². The lowest BCUT2D eigenvalue weighted by atomic mass is 9.96. The lowest BCUT2D eigenvalue weighted by Gasteiger charge is -2.30. The second-order valence-electron chi connectivity index (χ2n) is 9.72. The van der Waals surface area contributed by atoms with E-state index >= 15 is 0 Å². The van der Waals surface area contributed by atoms with Crippen LogP contribution in [0.1, 0.15) is 63.3 Å². The van der Waals surface area contributed by atoms with E-state index in [1.165, 1.54) is 38.1 Å². The molecule has 0 radical (unpaired) electrons. The van der Waals surface area contributed by atoms with Gasteiger partial charge in [0.1, 0.15) is 17.2 Å². The number of carbonyl (C=O) groups excluding carboxylic acids is 1. The van der Waals surface area contributed by atoms with Crippen LogP contribution < -0.4 is 10.6 Å². The molecule has 1 aliphatic rings. The van der Waals surface area contributed by atoms with Crippen LogP contribution in [-0.2, 0) is 4.79 Å². The molecule has 188 valence electrons. The summed E-state index contributed by atoms with van der Waals surface area (Å²) in [5.74, 6) is -0.834. The van der Waals surface area contributed by atoms with E-state index in [0.29, 0.717) is 18.4 Å². The maximum absolute atomic E-state index is 14.4. The Labute approximate surface area is 202 Å². The third-order valence-electron chi connectivity index (χ3n) is 6.00. The summed E-state index contributed by atoms with van der Waals surface area (Å²) < 4.78 is 56.6. The number of alkyl halides is 4. The summed E-state index contributed by atoms with van der Waals surface area (Å²) in [5, 5.41) is 23.6. The quantitative estimate of drug-likeness (QED) is 0.417. The summed E-state index contributed by atoms with van der Waals surface area (Å²) in [4.78, 5) is 12.8. The van der Waals surface area contributed by atoms with Crippen LogP contribution in [0.3, 0.4) is 0 Å². The monoisotopic (exact) mass is 491 g/mol. The van der Waals surface area contributed by atoms with Gasteiger partial charge in [-0.2, -0.15) is 18.4 Å². The Bertz CT molecular complexity index is 1060. The highest BCUT2D eigenvalue weighted by Crippen LogP contribution is 2.37. The fourth-order valence-electron chi connectivity index (χ4n) is 3.83. The Morgan fingerprint density at radius 3 is 1.89 bits per heavy atom. The Kier molecular flexibility index (Phi) is 7.58. The van der Waals surface area contributed by atoms with E-state index < -0.39 is 47.9 Å². The minimum atomic E-state index is -4.76. The first kappa shape index (κ1) is 26.6. The van der Waals surface area contributed by atoms with Crippen molar-refractivity contribution in [1.82, 2.24) is 10.6 Å². The fourth-order valence-corrected chi connectivity index (χ4v) is 3.83. The fraction of sp³-hybridized carbons (Fsp3) is 0.462. The molecule has 1 unspecified atom stereocenters. The molecule has 9 heteroatoms. The minimum Gasteiger partial charge on any atom is -0.389 e. The number of hydrogen-bond acceptors (Lipinski definition) is 4. The van der Waals surface area contributed by atoms with Gasteiger partial charge in [-0.25, -0.2) is 4.39 Å². The van der Waals surface area contributed by atoms with Gasteiger partial charge in [-0.05, 0) is 55.9 Å². The Morgan fingerprint density at radius 2 is 1.51 bits per heavy atom. The van der Waals surface area contributed by atoms with Crippen LogP contribution in [0.5, 0.6) is 0 Å². The van der Waals surface area contributed by atoms with Crippen molar-refractivity contribution in [2.45, 2.75) is 75.6 Å². The highest BCUT2D eigenvalue weighted by atomic mass is 19.4. The van der Waals surface area contributed by atoms with Crippen molar-refractivity contribution < 1.29 is 27.5 Å². The van der Waals surface area contributed by atoms with Crippen molar-refractivity contribution in [3.8, 4) is 17.2 Å². The number of hydrogen-bond donors (Lipinski definition) is 3. The van der Waals surface area contributed by atoms with Gasteiger partial charge in [0.2, 0.25) is 5.91 Å². The number of nitrogens with zero attached hydrogens (tertiary/aromatic N) is 1. The molecule has 1 saturated carbocycles. The lowest BCUT2D eigenvalue weighted by molar-refractivity contribution is -0.161. The third-order valence-corrected chi connectivity index (χ3v) is 6.00. The molecular weight excluding hydrogens is 462 g/mol. The van der Waals surface area contributed by atoms with E-state index in [1.54, 1.807) is 31.2 Å². The molecule has 5 nitrogen and oxygen atoms in total. The van der Waals surface area contributed by atoms with Crippen LogP contribution in [0.4, 0.5) is 17.6 Å². The molecule has 3 N–H and O–H groups in total. The van der Waals surface area contributed by atoms with Gasteiger partial charge < -0.3 is 10.4 Å². The molecule has 3 atom stereocenters. The first-order valence-corrected chi connectivity index (χ1v) is 11.4. The van der Waals surface area contributed by atoms with Crippen LogP contribution in [-0.4, -0.2) is 34.4 Å². The number of benzene rings is 2. The largest absolute Gasteiger partial charge is 0.407 e. The molecule has 3 rings (SSSR count). The molecule has 0 aliphatic heterocycles. The van der Waals surface area contributed by atoms with E-state index in [2.05, 4.69) is 10.6 Å². The van der Waals surface area contributed by atoms with Crippen LogP contribution >= 0.6 is 0 Å². The normalized spacial score (nSPS) is 17.7. The lowest BCUT2D eigenvalue weighted by Crippen LogP contribution is -2.53. The number of nitriles is 1. The number of amides is 1. The van der Waals surface area contributed by atoms with Crippen molar-refractivity contribution >= 4 is 5.91 Å². The summed E-state index contributed by atoms with van der Waals surface area (Å²) >= 11 is 0. The van der Waals surface area contributed by atoms with Crippen molar-refractivity contribution in [2.24, 2.45) is 0 Å². The summed E-state index contributed by atoms with van der Waals surface area (Å²) in [6.45, 7) is 4.01. The van der Waals surface area contributed by atoms with Crippen LogP contribution in [0, 0.1) is 11.3 Å². The molecule has 0 heterocycles. The first-order valence-electron chi connectivity index (χ1n) is 11.4. The summed E-state index contributed by atoms with van der Waals surface area (Å²) in [6.07, 6.45) is -5.08. The van der Waals surface area contributed by atoms with E-state index in [9.17, 15) is 32.7 Å². The number of rotatable bonds is 9. The van der Waals surface area contributed by atoms with E-state index in [0.717, 1.165) is 11.1 Å². The highest BCUT2D eigenvalue weighted by Gasteiger charge is 2.48. The number of halogens is 4. The van der Waals surface area contributed by atoms with Gasteiger partial charge in [0.05, 0.1) is 18.2 Å². The standard InChI is InChI=1S/C26H29F4N3O2/c1-16(34)17-4-6-18(7-5-17)19-8-10-20(11-9-19)22(26(28,29)30)32-21(14-24(2,3)27)23(35)33-25(15-31)12-13-25/h4-11,16,21-22,32,34H,12-14H2,1-3H3,(H,33,35)/t16-,21-,22?/m0/s1. The predicted octanol–water partition coefficient (Wildman–Crippen LogP) is 5.28. The predicted molar refractivity (Wildman–Crippen MR) is 124 cm³/mol. The summed E-state index contributed by atoms with van der Waals surface area (Å²) in [7, 11) is 0. The van der Waals surface area contributed by atoms with Gasteiger partial charge in [0.25, 0.3) is 0 Å². The molecule has 0 spiro atoms. The van der Waals surface area contributed by atoms with Crippen LogP contribution in [0.25, 0.3) is 11.1 Å². The van der Waals surface area contributed by atoms with E-state index in [4.69, 9.17) is 0 Å². The average Bonchev–Trinajstić information content (AvgIpc) is 3.55. The topological polar surface area (TPSA) is 85.2 Å². The molecule has 0 saturated heterocycles. The molecule has 2 aromatic carbocycles. The zero-order valence-electron chi connectivity index (χ0n) is 19.8. The Morgan fingerprint density at radius 1 is 1.03 bits per heavy atom. The second kappa shape index (κ2) is 9.96.